The summed E-state index contributed by atoms with van der Waals surface area (Å²) in [5, 5.41) is 2.87. The van der Waals surface area contributed by atoms with Gasteiger partial charge in [-0.25, -0.2) is 9.97 Å². The van der Waals surface area contributed by atoms with E-state index in [1.807, 2.05) is 30.3 Å². The molecule has 0 spiro atoms. The zero-order valence-corrected chi connectivity index (χ0v) is 12.4. The molecule has 1 aromatic heterocycles. The molecule has 0 saturated heterocycles. The average Bonchev–Trinajstić information content (AvgIpc) is 2.56. The molecule has 5 nitrogen and oxygen atoms in total. The van der Waals surface area contributed by atoms with E-state index in [1.54, 1.807) is 19.2 Å². The van der Waals surface area contributed by atoms with Crippen LogP contribution < -0.4 is 5.32 Å². The number of hydrogen-bond donors (Lipinski definition) is 1. The number of nitrogens with one attached hydrogen (secondary N) is 1. The van der Waals surface area contributed by atoms with Crippen LogP contribution in [0.15, 0.2) is 42.5 Å². The molecule has 3 aromatic rings. The predicted molar refractivity (Wildman–Crippen MR) is 85.9 cm³/mol. The number of amides is 1. The van der Waals surface area contributed by atoms with Crippen LogP contribution in [0.1, 0.15) is 16.8 Å². The maximum atomic E-state index is 12.1. The number of methoxy groups -OCH3 is 1. The maximum absolute atomic E-state index is 12.1. The van der Waals surface area contributed by atoms with Crippen molar-refractivity contribution in [2.45, 2.75) is 6.42 Å². The highest BCUT2D eigenvalue weighted by molar-refractivity contribution is 5.98. The van der Waals surface area contributed by atoms with Gasteiger partial charge in [0.2, 0.25) is 0 Å². The minimum Gasteiger partial charge on any atom is -0.385 e. The molecule has 5 heteroatoms. The summed E-state index contributed by atoms with van der Waals surface area (Å²) in [4.78, 5) is 21.2. The number of rotatable bonds is 5. The molecule has 0 aliphatic rings. The van der Waals surface area contributed by atoms with Gasteiger partial charge in [0, 0.05) is 25.8 Å². The van der Waals surface area contributed by atoms with Gasteiger partial charge in [0.15, 0.2) is 0 Å². The number of benzene rings is 2. The first kappa shape index (κ1) is 14.4. The number of nitrogens with zero attached hydrogens (tertiary/aromatic N) is 2. The lowest BCUT2D eigenvalue weighted by Gasteiger charge is -2.06. The van der Waals surface area contributed by atoms with Crippen molar-refractivity contribution < 1.29 is 9.53 Å². The van der Waals surface area contributed by atoms with Gasteiger partial charge < -0.3 is 10.1 Å². The first-order valence-electron chi connectivity index (χ1n) is 7.21. The molecule has 1 amide bonds. The van der Waals surface area contributed by atoms with Crippen molar-refractivity contribution in [3.8, 4) is 0 Å². The van der Waals surface area contributed by atoms with Gasteiger partial charge in [-0.2, -0.15) is 0 Å². The summed E-state index contributed by atoms with van der Waals surface area (Å²) in [5.41, 5.74) is 3.78. The van der Waals surface area contributed by atoms with E-state index < -0.39 is 0 Å². The van der Waals surface area contributed by atoms with Crippen molar-refractivity contribution in [1.82, 2.24) is 15.3 Å². The van der Waals surface area contributed by atoms with Gasteiger partial charge in [-0.15, -0.1) is 0 Å². The molecule has 0 unspecified atom stereocenters. The molecule has 0 atom stereocenters. The SMILES string of the molecule is COCCCNC(=O)c1ccc2nc3ccccc3nc2c1. The fourth-order valence-corrected chi connectivity index (χ4v) is 2.28. The van der Waals surface area contributed by atoms with E-state index in [9.17, 15) is 4.79 Å². The van der Waals surface area contributed by atoms with Crippen LogP contribution in [0.2, 0.25) is 0 Å². The van der Waals surface area contributed by atoms with Gasteiger partial charge in [0.1, 0.15) is 0 Å². The van der Waals surface area contributed by atoms with Gasteiger partial charge in [-0.3, -0.25) is 4.79 Å². The molecule has 22 heavy (non-hydrogen) atoms. The summed E-state index contributed by atoms with van der Waals surface area (Å²) in [6.45, 7) is 1.23. The topological polar surface area (TPSA) is 64.1 Å². The molecule has 0 aliphatic carbocycles. The number of hydrogen-bond acceptors (Lipinski definition) is 4. The normalized spacial score (nSPS) is 11.0. The molecular weight excluding hydrogens is 278 g/mol. The lowest BCUT2D eigenvalue weighted by molar-refractivity contribution is 0.0948. The summed E-state index contributed by atoms with van der Waals surface area (Å²) in [5.74, 6) is -0.104. The Balaban J connectivity index is 1.85. The molecule has 3 rings (SSSR count). The lowest BCUT2D eigenvalue weighted by atomic mass is 10.1. The second-order valence-corrected chi connectivity index (χ2v) is 5.02. The Kier molecular flexibility index (Phi) is 4.25. The average molecular weight is 295 g/mol. The third-order valence-corrected chi connectivity index (χ3v) is 3.41. The zero-order valence-electron chi connectivity index (χ0n) is 12.4. The van der Waals surface area contributed by atoms with Crippen LogP contribution in [-0.4, -0.2) is 36.1 Å². The second kappa shape index (κ2) is 6.49. The Morgan fingerprint density at radius 1 is 1.05 bits per heavy atom. The van der Waals surface area contributed by atoms with Crippen LogP contribution in [0.4, 0.5) is 0 Å². The third kappa shape index (κ3) is 3.04. The summed E-state index contributed by atoms with van der Waals surface area (Å²) < 4.78 is 4.96. The Bertz CT molecular complexity index is 817. The highest BCUT2D eigenvalue weighted by atomic mass is 16.5. The smallest absolute Gasteiger partial charge is 0.251 e. The molecule has 0 fully saturated rings. The van der Waals surface area contributed by atoms with E-state index >= 15 is 0 Å². The van der Waals surface area contributed by atoms with Crippen molar-refractivity contribution in [3.63, 3.8) is 0 Å². The summed E-state index contributed by atoms with van der Waals surface area (Å²) >= 11 is 0. The molecule has 1 N–H and O–H groups in total. The first-order valence-corrected chi connectivity index (χ1v) is 7.21. The fourth-order valence-electron chi connectivity index (χ4n) is 2.28. The van der Waals surface area contributed by atoms with Crippen molar-refractivity contribution in [1.29, 1.82) is 0 Å². The summed E-state index contributed by atoms with van der Waals surface area (Å²) in [7, 11) is 1.65. The number of carbonyl (C=O) groups is 1. The lowest BCUT2D eigenvalue weighted by Crippen LogP contribution is -2.25. The predicted octanol–water partition coefficient (Wildman–Crippen LogP) is 2.55. The molecule has 0 bridgehead atoms. The minimum absolute atomic E-state index is 0.104. The summed E-state index contributed by atoms with van der Waals surface area (Å²) in [6.07, 6.45) is 0.792. The molecule has 1 heterocycles. The van der Waals surface area contributed by atoms with E-state index in [1.165, 1.54) is 0 Å². The van der Waals surface area contributed by atoms with Crippen LogP contribution in [0.3, 0.4) is 0 Å². The third-order valence-electron chi connectivity index (χ3n) is 3.41. The van der Waals surface area contributed by atoms with Crippen molar-refractivity contribution in [2.24, 2.45) is 0 Å². The Labute approximate surface area is 128 Å². The van der Waals surface area contributed by atoms with Gasteiger partial charge in [-0.05, 0) is 36.8 Å². The Morgan fingerprint density at radius 3 is 2.45 bits per heavy atom. The number of fused-ring (bicyclic) bond motifs is 2. The van der Waals surface area contributed by atoms with Crippen molar-refractivity contribution >= 4 is 28.0 Å². The molecule has 2 aromatic carbocycles. The molecular formula is C17H17N3O2. The van der Waals surface area contributed by atoms with Crippen LogP contribution in [-0.2, 0) is 4.74 Å². The maximum Gasteiger partial charge on any atom is 0.251 e. The van der Waals surface area contributed by atoms with E-state index in [0.29, 0.717) is 18.7 Å². The van der Waals surface area contributed by atoms with Crippen LogP contribution in [0, 0.1) is 0 Å². The van der Waals surface area contributed by atoms with E-state index in [-0.39, 0.29) is 5.91 Å². The Morgan fingerprint density at radius 2 is 1.73 bits per heavy atom. The molecule has 0 saturated carbocycles. The van der Waals surface area contributed by atoms with Crippen LogP contribution >= 0.6 is 0 Å². The second-order valence-electron chi connectivity index (χ2n) is 5.02. The standard InChI is InChI=1S/C17H17N3O2/c1-22-10-4-9-18-17(21)12-7-8-15-16(11-12)20-14-6-3-2-5-13(14)19-15/h2-3,5-8,11H,4,9-10H2,1H3,(H,18,21). The highest BCUT2D eigenvalue weighted by Gasteiger charge is 2.08. The molecule has 112 valence electrons. The highest BCUT2D eigenvalue weighted by Crippen LogP contribution is 2.17. The van der Waals surface area contributed by atoms with Gasteiger partial charge in [0.05, 0.1) is 22.1 Å². The minimum atomic E-state index is -0.104. The first-order chi connectivity index (χ1) is 10.8. The number of ether oxygens (including phenoxy) is 1. The monoisotopic (exact) mass is 295 g/mol. The van der Waals surface area contributed by atoms with E-state index in [4.69, 9.17) is 4.74 Å². The largest absolute Gasteiger partial charge is 0.385 e. The van der Waals surface area contributed by atoms with Gasteiger partial charge >= 0.3 is 0 Å². The van der Waals surface area contributed by atoms with Gasteiger partial charge in [0.25, 0.3) is 5.91 Å². The number of aromatic nitrogens is 2. The van der Waals surface area contributed by atoms with E-state index in [2.05, 4.69) is 15.3 Å². The van der Waals surface area contributed by atoms with Crippen LogP contribution in [0.25, 0.3) is 22.1 Å². The molecule has 0 aliphatic heterocycles. The Hall–Kier alpha value is -2.53. The van der Waals surface area contributed by atoms with Crippen molar-refractivity contribution in [3.05, 3.63) is 48.0 Å². The zero-order chi connectivity index (χ0) is 15.4. The number of para-hydroxylation sites is 2. The van der Waals surface area contributed by atoms with Crippen molar-refractivity contribution in [2.75, 3.05) is 20.3 Å². The summed E-state index contributed by atoms with van der Waals surface area (Å²) in [6, 6.07) is 13.1. The van der Waals surface area contributed by atoms with Gasteiger partial charge in [-0.1, -0.05) is 12.1 Å². The molecule has 0 radical (unpaired) electrons. The van der Waals surface area contributed by atoms with E-state index in [0.717, 1.165) is 28.5 Å². The quantitative estimate of drug-likeness (QED) is 0.580. The number of carbonyl (C=O) groups excluding carboxylic acids is 1. The fraction of sp³-hybridized carbons (Fsp3) is 0.235. The van der Waals surface area contributed by atoms with Crippen LogP contribution in [0.5, 0.6) is 0 Å².